The van der Waals surface area contributed by atoms with Crippen molar-refractivity contribution in [3.05, 3.63) is 47.9 Å². The number of hydrogen-bond acceptors (Lipinski definition) is 4. The van der Waals surface area contributed by atoms with Gasteiger partial charge in [-0.25, -0.2) is 9.97 Å². The van der Waals surface area contributed by atoms with Crippen LogP contribution in [0.4, 0.5) is 0 Å². The summed E-state index contributed by atoms with van der Waals surface area (Å²) in [5.74, 6) is 0. The molecule has 0 saturated carbocycles. The third-order valence-electron chi connectivity index (χ3n) is 2.05. The van der Waals surface area contributed by atoms with Gasteiger partial charge in [0.25, 0.3) is 0 Å². The summed E-state index contributed by atoms with van der Waals surface area (Å²) >= 11 is 1.55. The first kappa shape index (κ1) is 10.7. The summed E-state index contributed by atoms with van der Waals surface area (Å²) in [4.78, 5) is 9.30. The van der Waals surface area contributed by atoms with E-state index in [0.717, 1.165) is 9.92 Å². The van der Waals surface area contributed by atoms with E-state index in [2.05, 4.69) is 23.0 Å². The first-order valence-corrected chi connectivity index (χ1v) is 5.57. The Hall–Kier alpha value is -1.86. The van der Waals surface area contributed by atoms with E-state index in [9.17, 15) is 0 Å². The van der Waals surface area contributed by atoms with Gasteiger partial charge in [-0.2, -0.15) is 5.26 Å². The minimum Gasteiger partial charge on any atom is -0.245 e. The van der Waals surface area contributed by atoms with Gasteiger partial charge in [-0.3, -0.25) is 0 Å². The Labute approximate surface area is 98.2 Å². The summed E-state index contributed by atoms with van der Waals surface area (Å²) in [6, 6.07) is 10.0. The molecule has 16 heavy (non-hydrogen) atoms. The Kier molecular flexibility index (Phi) is 3.18. The van der Waals surface area contributed by atoms with E-state index in [-0.39, 0.29) is 0 Å². The van der Waals surface area contributed by atoms with Crippen LogP contribution in [0.1, 0.15) is 11.3 Å². The molecule has 0 atom stereocenters. The molecule has 0 unspecified atom stereocenters. The zero-order valence-electron chi connectivity index (χ0n) is 8.71. The molecule has 78 valence electrons. The van der Waals surface area contributed by atoms with Gasteiger partial charge in [-0.15, -0.1) is 0 Å². The maximum atomic E-state index is 8.60. The number of nitriles is 1. The molecule has 3 nitrogen and oxygen atoms in total. The van der Waals surface area contributed by atoms with Gasteiger partial charge < -0.3 is 0 Å². The predicted molar refractivity (Wildman–Crippen MR) is 62.0 cm³/mol. The van der Waals surface area contributed by atoms with Crippen LogP contribution in [0.15, 0.2) is 46.6 Å². The van der Waals surface area contributed by atoms with Gasteiger partial charge in [0.2, 0.25) is 0 Å². The fourth-order valence-electron chi connectivity index (χ4n) is 1.21. The van der Waals surface area contributed by atoms with Crippen molar-refractivity contribution < 1.29 is 0 Å². The van der Waals surface area contributed by atoms with E-state index in [1.165, 1.54) is 11.8 Å². The van der Waals surface area contributed by atoms with Gasteiger partial charge in [0, 0.05) is 4.90 Å². The Morgan fingerprint density at radius 3 is 2.62 bits per heavy atom. The molecule has 4 heteroatoms. The highest BCUT2D eigenvalue weighted by atomic mass is 32.2. The normalized spacial score (nSPS) is 9.75. The molecule has 0 bridgehead atoms. The number of aryl methyl sites for hydroxylation is 1. The lowest BCUT2D eigenvalue weighted by Gasteiger charge is -2.03. The maximum absolute atomic E-state index is 8.60. The summed E-state index contributed by atoms with van der Waals surface area (Å²) in [6.45, 7) is 2.05. The van der Waals surface area contributed by atoms with Crippen molar-refractivity contribution in [2.75, 3.05) is 0 Å². The van der Waals surface area contributed by atoms with Crippen molar-refractivity contribution in [1.29, 1.82) is 5.26 Å². The van der Waals surface area contributed by atoms with E-state index in [1.807, 2.05) is 24.3 Å². The van der Waals surface area contributed by atoms with Crippen LogP contribution < -0.4 is 0 Å². The van der Waals surface area contributed by atoms with E-state index in [1.54, 1.807) is 18.0 Å². The summed E-state index contributed by atoms with van der Waals surface area (Å²) in [7, 11) is 0. The lowest BCUT2D eigenvalue weighted by molar-refractivity contribution is 1.03. The van der Waals surface area contributed by atoms with Gasteiger partial charge in [-0.1, -0.05) is 30.0 Å². The molecule has 0 N–H and O–H groups in total. The van der Waals surface area contributed by atoms with Crippen molar-refractivity contribution >= 4 is 11.8 Å². The Bertz CT molecular complexity index is 529. The van der Waals surface area contributed by atoms with Crippen LogP contribution in [0.25, 0.3) is 0 Å². The zero-order chi connectivity index (χ0) is 11.4. The van der Waals surface area contributed by atoms with Crippen LogP contribution in [0.5, 0.6) is 0 Å². The first-order chi connectivity index (χ1) is 7.79. The average Bonchev–Trinajstić information content (AvgIpc) is 2.33. The lowest BCUT2D eigenvalue weighted by atomic mass is 10.2. The van der Waals surface area contributed by atoms with Gasteiger partial charge >= 0.3 is 0 Å². The highest BCUT2D eigenvalue weighted by Gasteiger charge is 2.02. The third kappa shape index (κ3) is 2.38. The fraction of sp³-hybridized carbons (Fsp3) is 0.0833. The third-order valence-corrected chi connectivity index (χ3v) is 3.15. The monoisotopic (exact) mass is 227 g/mol. The molecular formula is C12H9N3S. The SMILES string of the molecule is Cc1ccccc1Sc1cnc(C#N)cn1. The second kappa shape index (κ2) is 4.77. The van der Waals surface area contributed by atoms with Crippen LogP contribution in [-0.2, 0) is 0 Å². The highest BCUT2D eigenvalue weighted by Crippen LogP contribution is 2.27. The Morgan fingerprint density at radius 1 is 1.19 bits per heavy atom. The zero-order valence-corrected chi connectivity index (χ0v) is 9.53. The largest absolute Gasteiger partial charge is 0.245 e. The van der Waals surface area contributed by atoms with Crippen LogP contribution in [0, 0.1) is 18.3 Å². The summed E-state index contributed by atoms with van der Waals surface area (Å²) in [6.07, 6.45) is 3.11. The van der Waals surface area contributed by atoms with E-state index in [0.29, 0.717) is 5.69 Å². The molecule has 0 aliphatic rings. The minimum absolute atomic E-state index is 0.342. The second-order valence-corrected chi connectivity index (χ2v) is 4.28. The van der Waals surface area contributed by atoms with Crippen molar-refractivity contribution in [2.24, 2.45) is 0 Å². The Balaban J connectivity index is 2.22. The van der Waals surface area contributed by atoms with Crippen molar-refractivity contribution in [1.82, 2.24) is 9.97 Å². The topological polar surface area (TPSA) is 49.6 Å². The highest BCUT2D eigenvalue weighted by molar-refractivity contribution is 7.99. The molecule has 0 aliphatic heterocycles. The predicted octanol–water partition coefficient (Wildman–Crippen LogP) is 2.81. The first-order valence-electron chi connectivity index (χ1n) is 4.75. The van der Waals surface area contributed by atoms with Crippen LogP contribution in [-0.4, -0.2) is 9.97 Å². The van der Waals surface area contributed by atoms with Gasteiger partial charge in [0.15, 0.2) is 5.69 Å². The molecule has 0 saturated heterocycles. The minimum atomic E-state index is 0.342. The summed E-state index contributed by atoms with van der Waals surface area (Å²) in [5.41, 5.74) is 1.55. The van der Waals surface area contributed by atoms with E-state index in [4.69, 9.17) is 5.26 Å². The molecule has 1 heterocycles. The number of nitrogens with zero attached hydrogens (tertiary/aromatic N) is 3. The van der Waals surface area contributed by atoms with Crippen LogP contribution in [0.2, 0.25) is 0 Å². The quantitative estimate of drug-likeness (QED) is 0.791. The van der Waals surface area contributed by atoms with Gasteiger partial charge in [0.1, 0.15) is 11.1 Å². The standard InChI is InChI=1S/C12H9N3S/c1-9-4-2-3-5-11(9)16-12-8-14-10(6-13)7-15-12/h2-5,7-8H,1H3. The average molecular weight is 227 g/mol. The van der Waals surface area contributed by atoms with E-state index >= 15 is 0 Å². The molecule has 0 amide bonds. The second-order valence-electron chi connectivity index (χ2n) is 3.22. The summed E-state index contributed by atoms with van der Waals surface area (Å²) < 4.78 is 0. The van der Waals surface area contributed by atoms with Crippen molar-refractivity contribution in [3.8, 4) is 6.07 Å². The Morgan fingerprint density at radius 2 is 2.00 bits per heavy atom. The molecule has 1 aromatic heterocycles. The lowest BCUT2D eigenvalue weighted by Crippen LogP contribution is -1.87. The molecule has 0 aliphatic carbocycles. The van der Waals surface area contributed by atoms with Crippen LogP contribution >= 0.6 is 11.8 Å². The number of benzene rings is 1. The molecule has 2 rings (SSSR count). The van der Waals surface area contributed by atoms with Crippen molar-refractivity contribution in [2.45, 2.75) is 16.8 Å². The molecule has 0 fully saturated rings. The van der Waals surface area contributed by atoms with Gasteiger partial charge in [-0.05, 0) is 18.6 Å². The number of rotatable bonds is 2. The summed E-state index contributed by atoms with van der Waals surface area (Å²) in [5, 5.41) is 9.40. The number of hydrogen-bond donors (Lipinski definition) is 0. The molecule has 1 aromatic carbocycles. The number of aromatic nitrogens is 2. The fourth-order valence-corrected chi connectivity index (χ4v) is 2.02. The molecule has 2 aromatic rings. The smallest absolute Gasteiger partial charge is 0.158 e. The maximum Gasteiger partial charge on any atom is 0.158 e. The molecule has 0 spiro atoms. The molecular weight excluding hydrogens is 218 g/mol. The van der Waals surface area contributed by atoms with Crippen molar-refractivity contribution in [3.63, 3.8) is 0 Å². The van der Waals surface area contributed by atoms with Gasteiger partial charge in [0.05, 0.1) is 12.4 Å². The van der Waals surface area contributed by atoms with Crippen LogP contribution in [0.3, 0.4) is 0 Å². The molecule has 0 radical (unpaired) electrons. The van der Waals surface area contributed by atoms with E-state index < -0.39 is 0 Å².